The van der Waals surface area contributed by atoms with Crippen molar-refractivity contribution in [3.63, 3.8) is 0 Å². The molecule has 124 valence electrons. The van der Waals surface area contributed by atoms with Gasteiger partial charge in [-0.15, -0.1) is 0 Å². The van der Waals surface area contributed by atoms with E-state index in [1.807, 2.05) is 6.92 Å². The minimum atomic E-state index is -4.27. The van der Waals surface area contributed by atoms with Gasteiger partial charge in [-0.1, -0.05) is 42.0 Å². The molecule has 0 saturated heterocycles. The lowest BCUT2D eigenvalue weighted by Crippen LogP contribution is -2.37. The fourth-order valence-corrected chi connectivity index (χ4v) is 3.14. The van der Waals surface area contributed by atoms with Gasteiger partial charge in [0.05, 0.1) is 18.5 Å². The third-order valence-electron chi connectivity index (χ3n) is 4.30. The van der Waals surface area contributed by atoms with Crippen molar-refractivity contribution in [1.82, 2.24) is 0 Å². The highest BCUT2D eigenvalue weighted by Crippen LogP contribution is 2.27. The zero-order valence-corrected chi connectivity index (χ0v) is 14.6. The van der Waals surface area contributed by atoms with Crippen molar-refractivity contribution in [3.8, 4) is 0 Å². The number of hydrogen-bond donors (Lipinski definition) is 0. The minimum absolute atomic E-state index is 0.178. The number of hydrogen-bond acceptors (Lipinski definition) is 3. The van der Waals surface area contributed by atoms with Crippen molar-refractivity contribution < 1.29 is 17.5 Å². The summed E-state index contributed by atoms with van der Waals surface area (Å²) in [4.78, 5) is -0.178. The zero-order valence-electron chi connectivity index (χ0n) is 13.8. The molecule has 0 aromatic heterocycles. The van der Waals surface area contributed by atoms with Crippen LogP contribution < -0.4 is 0 Å². The van der Waals surface area contributed by atoms with Crippen LogP contribution in [0.1, 0.15) is 23.6 Å². The van der Waals surface area contributed by atoms with E-state index in [0.717, 1.165) is 5.56 Å². The minimum Gasteiger partial charge on any atom is -0.744 e. The standard InChI is InChI=1S/C11H16N.C7H8O3S/c1-3-12(2)8-10-6-4-5-7-11(10)9-12;1-6-2-4-7(5-3-6)11(8,9)10/h4-7H,3,8-9H2,1-2H3;2-5H,1H3,(H,8,9,10)/q+1;/p-1. The predicted octanol–water partition coefficient (Wildman–Crippen LogP) is 3.07. The summed E-state index contributed by atoms with van der Waals surface area (Å²) in [6, 6.07) is 14.6. The van der Waals surface area contributed by atoms with E-state index in [1.165, 1.54) is 36.3 Å². The van der Waals surface area contributed by atoms with E-state index in [9.17, 15) is 13.0 Å². The van der Waals surface area contributed by atoms with Gasteiger partial charge in [-0.05, 0) is 26.0 Å². The molecule has 1 heterocycles. The van der Waals surface area contributed by atoms with Gasteiger partial charge in [0.15, 0.2) is 0 Å². The summed E-state index contributed by atoms with van der Waals surface area (Å²) in [5.41, 5.74) is 4.01. The third kappa shape index (κ3) is 4.64. The number of fused-ring (bicyclic) bond motifs is 1. The Labute approximate surface area is 138 Å². The maximum atomic E-state index is 10.4. The van der Waals surface area contributed by atoms with Gasteiger partial charge in [-0.3, -0.25) is 0 Å². The molecule has 2 aromatic carbocycles. The SMILES string of the molecule is CC[N+]1(C)Cc2ccccc2C1.Cc1ccc(S(=O)(=O)[O-])cc1. The van der Waals surface area contributed by atoms with Crippen molar-refractivity contribution in [3.05, 3.63) is 65.2 Å². The molecule has 2 aromatic rings. The fourth-order valence-electron chi connectivity index (χ4n) is 2.67. The van der Waals surface area contributed by atoms with Crippen molar-refractivity contribution in [2.24, 2.45) is 0 Å². The smallest absolute Gasteiger partial charge is 0.124 e. The summed E-state index contributed by atoms with van der Waals surface area (Å²) in [6.07, 6.45) is 0. The molecule has 5 heteroatoms. The van der Waals surface area contributed by atoms with E-state index in [-0.39, 0.29) is 4.90 Å². The third-order valence-corrected chi connectivity index (χ3v) is 5.15. The molecule has 4 nitrogen and oxygen atoms in total. The van der Waals surface area contributed by atoms with E-state index in [2.05, 4.69) is 38.2 Å². The van der Waals surface area contributed by atoms with Crippen LogP contribution in [-0.2, 0) is 23.2 Å². The summed E-state index contributed by atoms with van der Waals surface area (Å²) in [5.74, 6) is 0. The molecule has 1 aliphatic heterocycles. The lowest BCUT2D eigenvalue weighted by Gasteiger charge is -2.27. The van der Waals surface area contributed by atoms with Gasteiger partial charge in [-0.25, -0.2) is 8.42 Å². The van der Waals surface area contributed by atoms with E-state index >= 15 is 0 Å². The summed E-state index contributed by atoms with van der Waals surface area (Å²) < 4.78 is 32.3. The van der Waals surface area contributed by atoms with Gasteiger partial charge in [0.1, 0.15) is 23.2 Å². The summed E-state index contributed by atoms with van der Waals surface area (Å²) in [7, 11) is -1.94. The highest BCUT2D eigenvalue weighted by atomic mass is 32.2. The topological polar surface area (TPSA) is 57.2 Å². The Morgan fingerprint density at radius 1 is 1.00 bits per heavy atom. The van der Waals surface area contributed by atoms with Gasteiger partial charge >= 0.3 is 0 Å². The first kappa shape index (κ1) is 17.7. The first-order valence-corrected chi connectivity index (χ1v) is 9.07. The van der Waals surface area contributed by atoms with Crippen LogP contribution >= 0.6 is 0 Å². The maximum absolute atomic E-state index is 10.4. The molecule has 0 radical (unpaired) electrons. The number of nitrogens with zero attached hydrogens (tertiary/aromatic N) is 1. The molecule has 3 rings (SSSR count). The van der Waals surface area contributed by atoms with Crippen LogP contribution in [0.4, 0.5) is 0 Å². The second-order valence-corrected chi connectivity index (χ2v) is 7.67. The van der Waals surface area contributed by atoms with Gasteiger partial charge in [-0.2, -0.15) is 0 Å². The van der Waals surface area contributed by atoms with E-state index in [4.69, 9.17) is 0 Å². The first-order valence-electron chi connectivity index (χ1n) is 7.66. The largest absolute Gasteiger partial charge is 0.744 e. The molecule has 0 saturated carbocycles. The molecular formula is C18H23NO3S. The Morgan fingerprint density at radius 2 is 1.48 bits per heavy atom. The molecule has 23 heavy (non-hydrogen) atoms. The Hall–Kier alpha value is -1.69. The fraction of sp³-hybridized carbons (Fsp3) is 0.333. The lowest BCUT2D eigenvalue weighted by atomic mass is 10.1. The highest BCUT2D eigenvalue weighted by molar-refractivity contribution is 7.85. The van der Waals surface area contributed by atoms with Crippen LogP contribution in [0.3, 0.4) is 0 Å². The number of aryl methyl sites for hydroxylation is 1. The van der Waals surface area contributed by atoms with Gasteiger partial charge < -0.3 is 9.04 Å². The Bertz CT molecular complexity index is 742. The summed E-state index contributed by atoms with van der Waals surface area (Å²) >= 11 is 0. The average Bonchev–Trinajstić information content (AvgIpc) is 2.84. The zero-order chi connectivity index (χ0) is 17.1. The quantitative estimate of drug-likeness (QED) is 0.627. The predicted molar refractivity (Wildman–Crippen MR) is 89.7 cm³/mol. The van der Waals surface area contributed by atoms with E-state index in [0.29, 0.717) is 0 Å². The normalized spacial score (nSPS) is 15.5. The summed E-state index contributed by atoms with van der Waals surface area (Å²) in [6.45, 7) is 7.75. The van der Waals surface area contributed by atoms with Crippen LogP contribution in [0.2, 0.25) is 0 Å². The van der Waals surface area contributed by atoms with Crippen molar-refractivity contribution in [2.75, 3.05) is 13.6 Å². The molecule has 0 spiro atoms. The lowest BCUT2D eigenvalue weighted by molar-refractivity contribution is -0.927. The van der Waals surface area contributed by atoms with E-state index < -0.39 is 10.1 Å². The highest BCUT2D eigenvalue weighted by Gasteiger charge is 2.29. The van der Waals surface area contributed by atoms with Crippen LogP contribution in [0.15, 0.2) is 53.4 Å². The van der Waals surface area contributed by atoms with E-state index in [1.54, 1.807) is 23.3 Å². The maximum Gasteiger partial charge on any atom is 0.124 e. The van der Waals surface area contributed by atoms with Crippen molar-refractivity contribution >= 4 is 10.1 Å². The van der Waals surface area contributed by atoms with Crippen molar-refractivity contribution in [1.29, 1.82) is 0 Å². The molecule has 1 aliphatic rings. The molecule has 0 fully saturated rings. The molecule has 0 amide bonds. The Morgan fingerprint density at radius 3 is 1.87 bits per heavy atom. The number of benzene rings is 2. The second-order valence-electron chi connectivity index (χ2n) is 6.29. The van der Waals surface area contributed by atoms with Gasteiger partial charge in [0.2, 0.25) is 0 Å². The molecular weight excluding hydrogens is 310 g/mol. The molecule has 0 bridgehead atoms. The molecule has 0 atom stereocenters. The molecule has 0 unspecified atom stereocenters. The van der Waals surface area contributed by atoms with Gasteiger partial charge in [0, 0.05) is 11.1 Å². The number of rotatable bonds is 2. The van der Waals surface area contributed by atoms with Gasteiger partial charge in [0.25, 0.3) is 0 Å². The first-order chi connectivity index (χ1) is 10.7. The van der Waals surface area contributed by atoms with Crippen molar-refractivity contribution in [2.45, 2.75) is 31.8 Å². The second kappa shape index (κ2) is 6.83. The average molecular weight is 333 g/mol. The molecule has 0 N–H and O–H groups in total. The Balaban J connectivity index is 0.000000168. The Kier molecular flexibility index (Phi) is 5.24. The number of quaternary nitrogens is 1. The van der Waals surface area contributed by atoms with Crippen LogP contribution in [0, 0.1) is 6.92 Å². The monoisotopic (exact) mass is 333 g/mol. The van der Waals surface area contributed by atoms with Crippen LogP contribution in [0.5, 0.6) is 0 Å². The van der Waals surface area contributed by atoms with Crippen LogP contribution in [0.25, 0.3) is 0 Å². The summed E-state index contributed by atoms with van der Waals surface area (Å²) in [5, 5.41) is 0. The van der Waals surface area contributed by atoms with Crippen LogP contribution in [-0.4, -0.2) is 31.0 Å². The molecule has 0 aliphatic carbocycles.